The summed E-state index contributed by atoms with van der Waals surface area (Å²) >= 11 is 5.72. The zero-order chi connectivity index (χ0) is 18.1. The lowest BCUT2D eigenvalue weighted by molar-refractivity contribution is -0.182. The third kappa shape index (κ3) is 3.60. The Morgan fingerprint density at radius 3 is 2.65 bits per heavy atom. The fourth-order valence-corrected chi connectivity index (χ4v) is 4.31. The van der Waals surface area contributed by atoms with Crippen LogP contribution in [0.4, 0.5) is 10.1 Å². The number of nitrogens with zero attached hydrogens (tertiary/aromatic N) is 1. The number of rotatable bonds is 4. The van der Waals surface area contributed by atoms with Crippen molar-refractivity contribution < 1.29 is 18.7 Å². The molecule has 2 aliphatic heterocycles. The van der Waals surface area contributed by atoms with Crippen LogP contribution in [0.1, 0.15) is 32.1 Å². The summed E-state index contributed by atoms with van der Waals surface area (Å²) < 4.78 is 25.2. The van der Waals surface area contributed by atoms with Gasteiger partial charge in [0.25, 0.3) is 0 Å². The predicted octanol–water partition coefficient (Wildman–Crippen LogP) is 3.11. The molecule has 1 atom stereocenters. The molecule has 5 nitrogen and oxygen atoms in total. The highest BCUT2D eigenvalue weighted by Gasteiger charge is 2.40. The molecule has 3 aliphatic rings. The molecule has 7 heteroatoms. The quantitative estimate of drug-likeness (QED) is 0.869. The maximum Gasteiger partial charge on any atom is 0.244 e. The molecule has 1 amide bonds. The normalized spacial score (nSPS) is 26.2. The Labute approximate surface area is 157 Å². The van der Waals surface area contributed by atoms with E-state index < -0.39 is 5.82 Å². The van der Waals surface area contributed by atoms with Crippen LogP contribution in [-0.4, -0.2) is 44.0 Å². The van der Waals surface area contributed by atoms with Crippen LogP contribution < -0.4 is 10.2 Å². The summed E-state index contributed by atoms with van der Waals surface area (Å²) in [6.07, 6.45) is 4.66. The largest absolute Gasteiger partial charge is 0.348 e. The number of carbonyl (C=O) groups excluding carboxylic acids is 1. The number of halogens is 2. The molecule has 1 aliphatic carbocycles. The van der Waals surface area contributed by atoms with Crippen molar-refractivity contribution in [1.82, 2.24) is 5.32 Å². The van der Waals surface area contributed by atoms with Crippen LogP contribution in [0.15, 0.2) is 18.2 Å². The lowest BCUT2D eigenvalue weighted by Gasteiger charge is -2.35. The number of amides is 1. The van der Waals surface area contributed by atoms with Crippen molar-refractivity contribution in [3.05, 3.63) is 29.0 Å². The minimum absolute atomic E-state index is 0.00135. The van der Waals surface area contributed by atoms with Crippen molar-refractivity contribution in [2.45, 2.75) is 43.9 Å². The second-order valence-electron chi connectivity index (χ2n) is 7.39. The molecule has 0 aromatic heterocycles. The highest BCUT2D eigenvalue weighted by molar-refractivity contribution is 6.30. The Morgan fingerprint density at radius 1 is 1.23 bits per heavy atom. The first-order valence-corrected chi connectivity index (χ1v) is 9.72. The molecule has 1 N–H and O–H groups in total. The average Bonchev–Trinajstić information content (AvgIpc) is 3.24. The number of nitrogens with one attached hydrogen (secondary N) is 1. The zero-order valence-electron chi connectivity index (χ0n) is 14.7. The Kier molecular flexibility index (Phi) is 5.19. The summed E-state index contributed by atoms with van der Waals surface area (Å²) in [6.45, 7) is 2.80. The van der Waals surface area contributed by atoms with Gasteiger partial charge in [-0.15, -0.1) is 0 Å². The third-order valence-electron chi connectivity index (χ3n) is 5.75. The monoisotopic (exact) mass is 382 g/mol. The van der Waals surface area contributed by atoms with Crippen LogP contribution in [0.2, 0.25) is 5.02 Å². The van der Waals surface area contributed by atoms with Crippen molar-refractivity contribution >= 4 is 23.2 Å². The minimum Gasteiger partial charge on any atom is -0.348 e. The number of carbonyl (C=O) groups is 1. The molecule has 0 bridgehead atoms. The average molecular weight is 383 g/mol. The summed E-state index contributed by atoms with van der Waals surface area (Å²) in [5.74, 6) is -0.305. The first-order valence-electron chi connectivity index (χ1n) is 9.34. The maximum absolute atomic E-state index is 13.7. The third-order valence-corrected chi connectivity index (χ3v) is 6.06. The van der Waals surface area contributed by atoms with Gasteiger partial charge in [0.2, 0.25) is 5.91 Å². The van der Waals surface area contributed by atoms with E-state index in [2.05, 4.69) is 5.32 Å². The molecule has 2 saturated heterocycles. The second kappa shape index (κ2) is 7.43. The molecule has 2 heterocycles. The predicted molar refractivity (Wildman–Crippen MR) is 96.8 cm³/mol. The fourth-order valence-electron chi connectivity index (χ4n) is 4.19. The molecule has 26 heavy (non-hydrogen) atoms. The lowest BCUT2D eigenvalue weighted by atomic mass is 9.85. The molecular weight excluding hydrogens is 359 g/mol. The Hall–Kier alpha value is -1.21. The Balaban J connectivity index is 1.28. The van der Waals surface area contributed by atoms with Gasteiger partial charge in [-0.2, -0.15) is 0 Å². The van der Waals surface area contributed by atoms with Crippen LogP contribution >= 0.6 is 11.6 Å². The van der Waals surface area contributed by atoms with Gasteiger partial charge in [0.05, 0.1) is 24.3 Å². The van der Waals surface area contributed by atoms with Gasteiger partial charge in [-0.05, 0) is 49.9 Å². The number of hydrogen-bond donors (Lipinski definition) is 1. The van der Waals surface area contributed by atoms with E-state index >= 15 is 0 Å². The van der Waals surface area contributed by atoms with Gasteiger partial charge < -0.3 is 19.7 Å². The van der Waals surface area contributed by atoms with Crippen LogP contribution in [0.5, 0.6) is 0 Å². The topological polar surface area (TPSA) is 50.8 Å². The van der Waals surface area contributed by atoms with Gasteiger partial charge in [-0.25, -0.2) is 4.39 Å². The van der Waals surface area contributed by atoms with Crippen LogP contribution in [0.3, 0.4) is 0 Å². The SMILES string of the molecule is O=C1[C@@H](NCC2CCC3(CC2)OCCO3)CCN1c1ccc(Cl)c(F)c1. The van der Waals surface area contributed by atoms with Gasteiger partial charge in [-0.1, -0.05) is 11.6 Å². The van der Waals surface area contributed by atoms with E-state index in [0.29, 0.717) is 31.4 Å². The Bertz CT molecular complexity index is 671. The first kappa shape index (κ1) is 18.2. The van der Waals surface area contributed by atoms with Crippen molar-refractivity contribution in [3.8, 4) is 0 Å². The highest BCUT2D eigenvalue weighted by Crippen LogP contribution is 2.38. The standard InChI is InChI=1S/C19H24ClFN2O3/c20-15-2-1-14(11-16(15)21)23-8-5-17(18(23)24)22-12-13-3-6-19(7-4-13)25-9-10-26-19/h1-2,11,13,17,22H,3-10,12H2/t17-/m0/s1. The van der Waals surface area contributed by atoms with Gasteiger partial charge in [-0.3, -0.25) is 4.79 Å². The molecule has 1 aromatic carbocycles. The van der Waals surface area contributed by atoms with Gasteiger partial charge in [0.15, 0.2) is 5.79 Å². The summed E-state index contributed by atoms with van der Waals surface area (Å²) in [5, 5.41) is 3.48. The van der Waals surface area contributed by atoms with E-state index in [0.717, 1.165) is 38.6 Å². The van der Waals surface area contributed by atoms with Crippen LogP contribution in [0, 0.1) is 11.7 Å². The van der Waals surface area contributed by atoms with E-state index in [1.165, 1.54) is 12.1 Å². The zero-order valence-corrected chi connectivity index (χ0v) is 15.4. The summed E-state index contributed by atoms with van der Waals surface area (Å²) in [6, 6.07) is 4.30. The molecular formula is C19H24ClFN2O3. The molecule has 4 rings (SSSR count). The van der Waals surface area contributed by atoms with Gasteiger partial charge in [0.1, 0.15) is 5.82 Å². The summed E-state index contributed by atoms with van der Waals surface area (Å²) in [4.78, 5) is 14.3. The number of anilines is 1. The molecule has 1 aromatic rings. The fraction of sp³-hybridized carbons (Fsp3) is 0.632. The van der Waals surface area contributed by atoms with E-state index in [1.54, 1.807) is 11.0 Å². The van der Waals surface area contributed by atoms with Crippen molar-refractivity contribution in [2.24, 2.45) is 5.92 Å². The molecule has 0 radical (unpaired) electrons. The van der Waals surface area contributed by atoms with Crippen LogP contribution in [0.25, 0.3) is 0 Å². The smallest absolute Gasteiger partial charge is 0.244 e. The lowest BCUT2D eigenvalue weighted by Crippen LogP contribution is -2.43. The summed E-state index contributed by atoms with van der Waals surface area (Å²) in [7, 11) is 0. The number of hydrogen-bond acceptors (Lipinski definition) is 4. The van der Waals surface area contributed by atoms with E-state index in [4.69, 9.17) is 21.1 Å². The highest BCUT2D eigenvalue weighted by atomic mass is 35.5. The van der Waals surface area contributed by atoms with Gasteiger partial charge >= 0.3 is 0 Å². The maximum atomic E-state index is 13.7. The van der Waals surface area contributed by atoms with Crippen LogP contribution in [-0.2, 0) is 14.3 Å². The molecule has 142 valence electrons. The Morgan fingerprint density at radius 2 is 1.96 bits per heavy atom. The van der Waals surface area contributed by atoms with E-state index in [-0.39, 0.29) is 22.8 Å². The molecule has 1 saturated carbocycles. The number of benzene rings is 1. The molecule has 3 fully saturated rings. The van der Waals surface area contributed by atoms with Gasteiger partial charge in [0, 0.05) is 25.1 Å². The second-order valence-corrected chi connectivity index (χ2v) is 7.80. The summed E-state index contributed by atoms with van der Waals surface area (Å²) in [5.41, 5.74) is 0.566. The van der Waals surface area contributed by atoms with Crippen molar-refractivity contribution in [2.75, 3.05) is 31.2 Å². The number of ether oxygens (including phenoxy) is 2. The molecule has 0 unspecified atom stereocenters. The van der Waals surface area contributed by atoms with Crippen molar-refractivity contribution in [3.63, 3.8) is 0 Å². The van der Waals surface area contributed by atoms with E-state index in [9.17, 15) is 9.18 Å². The first-order chi connectivity index (χ1) is 12.6. The van der Waals surface area contributed by atoms with E-state index in [1.807, 2.05) is 0 Å². The molecule has 1 spiro atoms. The van der Waals surface area contributed by atoms with Crippen molar-refractivity contribution in [1.29, 1.82) is 0 Å². The minimum atomic E-state index is -0.499.